The molecule has 1 fully saturated rings. The fourth-order valence-corrected chi connectivity index (χ4v) is 3.80. The number of hydrogen-bond acceptors (Lipinski definition) is 2. The van der Waals surface area contributed by atoms with Crippen LogP contribution in [0.2, 0.25) is 0 Å². The largest absolute Gasteiger partial charge is 0.496 e. The second-order valence-electron chi connectivity index (χ2n) is 6.13. The van der Waals surface area contributed by atoms with E-state index in [1.165, 1.54) is 31.2 Å². The van der Waals surface area contributed by atoms with Gasteiger partial charge in [0.2, 0.25) is 0 Å². The molecule has 1 aromatic carbocycles. The molecule has 0 aliphatic heterocycles. The molecule has 1 N–H and O–H groups in total. The van der Waals surface area contributed by atoms with Crippen molar-refractivity contribution in [1.82, 2.24) is 5.32 Å². The minimum atomic E-state index is 0.337. The lowest BCUT2D eigenvalue weighted by molar-refractivity contribution is 0.218. The van der Waals surface area contributed by atoms with E-state index in [-0.39, 0.29) is 0 Å². The lowest BCUT2D eigenvalue weighted by Gasteiger charge is -2.36. The average Bonchev–Trinajstić information content (AvgIpc) is 2.87. The highest BCUT2D eigenvalue weighted by Crippen LogP contribution is 2.49. The van der Waals surface area contributed by atoms with Crippen LogP contribution in [0.5, 0.6) is 5.75 Å². The first kappa shape index (κ1) is 15.8. The quantitative estimate of drug-likeness (QED) is 0.780. The van der Waals surface area contributed by atoms with Crippen molar-refractivity contribution >= 4 is 15.9 Å². The van der Waals surface area contributed by atoms with Gasteiger partial charge in [-0.3, -0.25) is 0 Å². The summed E-state index contributed by atoms with van der Waals surface area (Å²) in [4.78, 5) is 0. The normalized spacial score (nSPS) is 19.0. The van der Waals surface area contributed by atoms with Gasteiger partial charge in [-0.1, -0.05) is 42.6 Å². The maximum Gasteiger partial charge on any atom is 0.123 e. The van der Waals surface area contributed by atoms with Crippen molar-refractivity contribution < 1.29 is 4.74 Å². The van der Waals surface area contributed by atoms with Crippen molar-refractivity contribution in [3.05, 3.63) is 28.2 Å². The third kappa shape index (κ3) is 3.37. The molecule has 0 spiro atoms. The van der Waals surface area contributed by atoms with E-state index < -0.39 is 0 Å². The van der Waals surface area contributed by atoms with Gasteiger partial charge in [-0.2, -0.15) is 0 Å². The summed E-state index contributed by atoms with van der Waals surface area (Å²) >= 11 is 3.60. The standard InChI is InChI=1S/C17H26BrNO/c1-4-11-19-16(17(2)9-5-6-10-17)14-12-13(18)7-8-15(14)20-3/h7-8,12,16,19H,4-6,9-11H2,1-3H3. The second-order valence-corrected chi connectivity index (χ2v) is 7.05. The number of rotatable bonds is 6. The number of methoxy groups -OCH3 is 1. The second kappa shape index (κ2) is 6.95. The molecule has 2 nitrogen and oxygen atoms in total. The molecule has 1 unspecified atom stereocenters. The lowest BCUT2D eigenvalue weighted by Crippen LogP contribution is -2.35. The highest BCUT2D eigenvalue weighted by molar-refractivity contribution is 9.10. The van der Waals surface area contributed by atoms with Gasteiger partial charge in [0.05, 0.1) is 7.11 Å². The van der Waals surface area contributed by atoms with Crippen LogP contribution in [0, 0.1) is 5.41 Å². The van der Waals surface area contributed by atoms with Crippen LogP contribution in [-0.4, -0.2) is 13.7 Å². The first-order valence-corrected chi connectivity index (χ1v) is 8.47. The molecule has 0 heterocycles. The zero-order valence-electron chi connectivity index (χ0n) is 12.8. The van der Waals surface area contributed by atoms with Crippen molar-refractivity contribution in [1.29, 1.82) is 0 Å². The van der Waals surface area contributed by atoms with Gasteiger partial charge < -0.3 is 10.1 Å². The summed E-state index contributed by atoms with van der Waals surface area (Å²) in [6.45, 7) is 5.70. The number of benzene rings is 1. The van der Waals surface area contributed by atoms with Crippen molar-refractivity contribution in [3.8, 4) is 5.75 Å². The fourth-order valence-electron chi connectivity index (χ4n) is 3.42. The van der Waals surface area contributed by atoms with Gasteiger partial charge in [0, 0.05) is 16.1 Å². The average molecular weight is 340 g/mol. The summed E-state index contributed by atoms with van der Waals surface area (Å²) in [6, 6.07) is 6.71. The molecule has 0 saturated heterocycles. The number of nitrogens with one attached hydrogen (secondary N) is 1. The molecule has 1 saturated carbocycles. The Kier molecular flexibility index (Phi) is 5.50. The lowest BCUT2D eigenvalue weighted by atomic mass is 9.77. The topological polar surface area (TPSA) is 21.3 Å². The predicted molar refractivity (Wildman–Crippen MR) is 88.3 cm³/mol. The Morgan fingerprint density at radius 3 is 2.65 bits per heavy atom. The molecule has 20 heavy (non-hydrogen) atoms. The van der Waals surface area contributed by atoms with E-state index in [1.807, 2.05) is 0 Å². The first-order chi connectivity index (χ1) is 9.60. The van der Waals surface area contributed by atoms with Gasteiger partial charge in [-0.25, -0.2) is 0 Å². The van der Waals surface area contributed by atoms with Crippen LogP contribution < -0.4 is 10.1 Å². The maximum atomic E-state index is 5.61. The van der Waals surface area contributed by atoms with E-state index in [0.717, 1.165) is 23.2 Å². The Hall–Kier alpha value is -0.540. The SMILES string of the molecule is CCCNC(c1cc(Br)ccc1OC)C1(C)CCCC1. The van der Waals surface area contributed by atoms with E-state index in [4.69, 9.17) is 4.74 Å². The van der Waals surface area contributed by atoms with E-state index in [0.29, 0.717) is 11.5 Å². The predicted octanol–water partition coefficient (Wildman–Crippen LogP) is 5.08. The summed E-state index contributed by atoms with van der Waals surface area (Å²) < 4.78 is 6.73. The summed E-state index contributed by atoms with van der Waals surface area (Å²) in [5.74, 6) is 0.995. The van der Waals surface area contributed by atoms with Crippen molar-refractivity contribution in [2.45, 2.75) is 52.0 Å². The highest BCUT2D eigenvalue weighted by atomic mass is 79.9. The molecular weight excluding hydrogens is 314 g/mol. The minimum absolute atomic E-state index is 0.337. The third-order valence-corrected chi connectivity index (χ3v) is 5.04. The van der Waals surface area contributed by atoms with Gasteiger partial charge in [0.1, 0.15) is 5.75 Å². The maximum absolute atomic E-state index is 5.61. The molecule has 1 aliphatic carbocycles. The smallest absolute Gasteiger partial charge is 0.123 e. The Morgan fingerprint density at radius 1 is 1.35 bits per heavy atom. The van der Waals surface area contributed by atoms with Crippen LogP contribution in [0.15, 0.2) is 22.7 Å². The van der Waals surface area contributed by atoms with E-state index in [1.54, 1.807) is 7.11 Å². The van der Waals surface area contributed by atoms with Crippen LogP contribution in [0.4, 0.5) is 0 Å². The Balaban J connectivity index is 2.37. The highest BCUT2D eigenvalue weighted by Gasteiger charge is 2.38. The molecule has 1 aliphatic rings. The molecule has 0 radical (unpaired) electrons. The van der Waals surface area contributed by atoms with Crippen molar-refractivity contribution in [3.63, 3.8) is 0 Å². The summed E-state index contributed by atoms with van der Waals surface area (Å²) in [7, 11) is 1.76. The van der Waals surface area contributed by atoms with Crippen molar-refractivity contribution in [2.24, 2.45) is 5.41 Å². The van der Waals surface area contributed by atoms with Crippen LogP contribution in [-0.2, 0) is 0 Å². The third-order valence-electron chi connectivity index (χ3n) is 4.54. The monoisotopic (exact) mass is 339 g/mol. The van der Waals surface area contributed by atoms with E-state index in [9.17, 15) is 0 Å². The molecule has 0 aromatic heterocycles. The van der Waals surface area contributed by atoms with Crippen LogP contribution in [0.1, 0.15) is 57.6 Å². The van der Waals surface area contributed by atoms with Gasteiger partial charge in [0.25, 0.3) is 0 Å². The molecule has 112 valence electrons. The number of halogens is 1. The summed E-state index contributed by atoms with van der Waals surface area (Å²) in [5, 5.41) is 3.77. The zero-order chi connectivity index (χ0) is 14.6. The summed E-state index contributed by atoms with van der Waals surface area (Å²) in [5.41, 5.74) is 1.63. The van der Waals surface area contributed by atoms with Crippen LogP contribution in [0.3, 0.4) is 0 Å². The molecule has 0 bridgehead atoms. The van der Waals surface area contributed by atoms with Gasteiger partial charge >= 0.3 is 0 Å². The Morgan fingerprint density at radius 2 is 2.05 bits per heavy atom. The molecule has 0 amide bonds. The molecular formula is C17H26BrNO. The first-order valence-electron chi connectivity index (χ1n) is 7.67. The Bertz CT molecular complexity index is 441. The molecule has 3 heteroatoms. The molecule has 2 rings (SSSR count). The van der Waals surface area contributed by atoms with E-state index >= 15 is 0 Å². The van der Waals surface area contributed by atoms with E-state index in [2.05, 4.69) is 53.3 Å². The van der Waals surface area contributed by atoms with Crippen LogP contribution >= 0.6 is 15.9 Å². The van der Waals surface area contributed by atoms with Gasteiger partial charge in [0.15, 0.2) is 0 Å². The minimum Gasteiger partial charge on any atom is -0.496 e. The molecule has 1 aromatic rings. The van der Waals surface area contributed by atoms with Crippen molar-refractivity contribution in [2.75, 3.05) is 13.7 Å². The Labute approximate surface area is 131 Å². The number of ether oxygens (including phenoxy) is 1. The van der Waals surface area contributed by atoms with Gasteiger partial charge in [-0.15, -0.1) is 0 Å². The zero-order valence-corrected chi connectivity index (χ0v) is 14.4. The summed E-state index contributed by atoms with van der Waals surface area (Å²) in [6.07, 6.45) is 6.44. The van der Waals surface area contributed by atoms with Crippen LogP contribution in [0.25, 0.3) is 0 Å². The fraction of sp³-hybridized carbons (Fsp3) is 0.647. The van der Waals surface area contributed by atoms with Gasteiger partial charge in [-0.05, 0) is 49.4 Å². The molecule has 1 atom stereocenters. The number of hydrogen-bond donors (Lipinski definition) is 1.